The first-order valence-electron chi connectivity index (χ1n) is 4.39. The first-order chi connectivity index (χ1) is 6.75. The number of thioether (sulfide) groups is 1. The molecule has 0 fully saturated rings. The minimum Gasteiger partial charge on any atom is -0.386 e. The molecule has 0 spiro atoms. The Kier molecular flexibility index (Phi) is 4.35. The van der Waals surface area contributed by atoms with E-state index in [1.54, 1.807) is 0 Å². The molecule has 0 aromatic heterocycles. The number of hydrogen-bond donors (Lipinski definition) is 2. The molecule has 0 aliphatic carbocycles. The van der Waals surface area contributed by atoms with Crippen molar-refractivity contribution >= 4 is 39.7 Å². The van der Waals surface area contributed by atoms with E-state index in [1.165, 1.54) is 17.3 Å². The second kappa shape index (κ2) is 5.32. The van der Waals surface area contributed by atoms with Crippen LogP contribution in [0.5, 0.6) is 0 Å². The topological polar surface area (TPSA) is 62.2 Å². The fourth-order valence-corrected chi connectivity index (χ4v) is 2.26. The summed E-state index contributed by atoms with van der Waals surface area (Å²) in [5.74, 6) is 0.573. The first kappa shape index (κ1) is 12.3. The highest BCUT2D eigenvalue weighted by Gasteiger charge is 2.23. The maximum absolute atomic E-state index is 7.37. The van der Waals surface area contributed by atoms with E-state index in [1.807, 2.05) is 18.2 Å². The van der Waals surface area contributed by atoms with E-state index in [-0.39, 0.29) is 22.2 Å². The number of halogens is 1. The smallest absolute Gasteiger partial charge is 0.182 e. The van der Waals surface area contributed by atoms with Crippen molar-refractivity contribution in [3.8, 4) is 0 Å². The third-order valence-corrected chi connectivity index (χ3v) is 3.09. The van der Waals surface area contributed by atoms with Gasteiger partial charge in [0.25, 0.3) is 0 Å². The van der Waals surface area contributed by atoms with Crippen LogP contribution in [0.1, 0.15) is 5.56 Å². The quantitative estimate of drug-likeness (QED) is 0.875. The molecule has 5 heteroatoms. The van der Waals surface area contributed by atoms with Crippen molar-refractivity contribution in [2.24, 2.45) is 10.7 Å². The molecule has 15 heavy (non-hydrogen) atoms. The van der Waals surface area contributed by atoms with Crippen molar-refractivity contribution in [2.75, 3.05) is 0 Å². The van der Waals surface area contributed by atoms with E-state index < -0.39 is 0 Å². The van der Waals surface area contributed by atoms with Gasteiger partial charge >= 0.3 is 0 Å². The number of benzene rings is 1. The summed E-state index contributed by atoms with van der Waals surface area (Å²) >= 11 is 1.42. The predicted molar refractivity (Wildman–Crippen MR) is 71.2 cm³/mol. The Labute approximate surface area is 103 Å². The second-order valence-electron chi connectivity index (χ2n) is 3.14. The maximum Gasteiger partial charge on any atom is 0.182 e. The summed E-state index contributed by atoms with van der Waals surface area (Å²) in [6.45, 7) is 0. The van der Waals surface area contributed by atoms with Crippen LogP contribution in [0.2, 0.25) is 0 Å². The lowest BCUT2D eigenvalue weighted by atomic mass is 10.1. The molecule has 3 nitrogen and oxygen atoms in total. The van der Waals surface area contributed by atoms with Gasteiger partial charge in [0.1, 0.15) is 5.84 Å². The summed E-state index contributed by atoms with van der Waals surface area (Å²) < 4.78 is 0. The van der Waals surface area contributed by atoms with Crippen molar-refractivity contribution in [2.45, 2.75) is 11.7 Å². The summed E-state index contributed by atoms with van der Waals surface area (Å²) in [5.41, 5.74) is 6.94. The average Bonchev–Trinajstić information content (AvgIpc) is 2.47. The highest BCUT2D eigenvalue weighted by Crippen LogP contribution is 2.23. The molecule has 2 rings (SSSR count). The van der Waals surface area contributed by atoms with Gasteiger partial charge in [-0.05, 0) is 12.0 Å². The normalized spacial score (nSPS) is 19.6. The lowest BCUT2D eigenvalue weighted by molar-refractivity contribution is 1.06. The van der Waals surface area contributed by atoms with Gasteiger partial charge in [0, 0.05) is 0 Å². The Morgan fingerprint density at radius 3 is 2.53 bits per heavy atom. The van der Waals surface area contributed by atoms with Crippen LogP contribution in [-0.2, 0) is 6.42 Å². The largest absolute Gasteiger partial charge is 0.386 e. The Hall–Kier alpha value is -0.810. The molecule has 1 atom stereocenters. The lowest BCUT2D eigenvalue weighted by Gasteiger charge is -2.07. The van der Waals surface area contributed by atoms with Gasteiger partial charge in [0.15, 0.2) is 5.17 Å². The third-order valence-electron chi connectivity index (χ3n) is 2.08. The minimum atomic E-state index is 0. The van der Waals surface area contributed by atoms with E-state index in [0.717, 1.165) is 6.42 Å². The molecule has 0 saturated heterocycles. The third kappa shape index (κ3) is 3.07. The number of amidine groups is 2. The number of aliphatic imine (C=N–C) groups is 1. The number of nitrogens with zero attached hydrogens (tertiary/aromatic N) is 1. The molecular weight excluding hydrogens is 274 g/mol. The summed E-state index contributed by atoms with van der Waals surface area (Å²) in [6.07, 6.45) is 0.850. The van der Waals surface area contributed by atoms with Crippen LogP contribution in [-0.4, -0.2) is 16.3 Å². The standard InChI is InChI=1S/C10H11N3S.BrH/c11-9-8(14-10(12)13-9)6-7-4-2-1-3-5-7;/h1-5,8H,6H2,(H3,11,12,13);1H. The van der Waals surface area contributed by atoms with Crippen LogP contribution < -0.4 is 5.73 Å². The molecule has 80 valence electrons. The van der Waals surface area contributed by atoms with E-state index >= 15 is 0 Å². The highest BCUT2D eigenvalue weighted by molar-refractivity contribution is 8.93. The van der Waals surface area contributed by atoms with E-state index in [0.29, 0.717) is 11.0 Å². The molecule has 1 heterocycles. The molecular formula is C10H12BrN3S. The molecule has 1 aliphatic rings. The van der Waals surface area contributed by atoms with Crippen molar-refractivity contribution in [1.82, 2.24) is 0 Å². The summed E-state index contributed by atoms with van der Waals surface area (Å²) in [4.78, 5) is 3.91. The lowest BCUT2D eigenvalue weighted by Crippen LogP contribution is -2.24. The van der Waals surface area contributed by atoms with Crippen molar-refractivity contribution in [3.63, 3.8) is 0 Å². The molecule has 1 aromatic rings. The molecule has 3 N–H and O–H groups in total. The van der Waals surface area contributed by atoms with E-state index in [9.17, 15) is 0 Å². The Morgan fingerprint density at radius 1 is 1.33 bits per heavy atom. The zero-order valence-corrected chi connectivity index (χ0v) is 10.5. The number of rotatable bonds is 2. The van der Waals surface area contributed by atoms with Gasteiger partial charge in [-0.3, -0.25) is 5.41 Å². The van der Waals surface area contributed by atoms with Crippen LogP contribution in [0.4, 0.5) is 0 Å². The van der Waals surface area contributed by atoms with Crippen LogP contribution in [0, 0.1) is 5.41 Å². The number of nitrogens with one attached hydrogen (secondary N) is 1. The molecule has 0 amide bonds. The minimum absolute atomic E-state index is 0. The van der Waals surface area contributed by atoms with Gasteiger partial charge in [-0.15, -0.1) is 17.0 Å². The highest BCUT2D eigenvalue weighted by atomic mass is 79.9. The van der Waals surface area contributed by atoms with Crippen LogP contribution in [0.3, 0.4) is 0 Å². The first-order valence-corrected chi connectivity index (χ1v) is 5.27. The Balaban J connectivity index is 0.00000112. The van der Waals surface area contributed by atoms with Crippen LogP contribution in [0.25, 0.3) is 0 Å². The Bertz CT molecular complexity index is 378. The van der Waals surface area contributed by atoms with Gasteiger partial charge in [-0.25, -0.2) is 4.99 Å². The van der Waals surface area contributed by atoms with Gasteiger partial charge in [0.05, 0.1) is 5.25 Å². The van der Waals surface area contributed by atoms with Crippen LogP contribution >= 0.6 is 28.7 Å². The van der Waals surface area contributed by atoms with Crippen molar-refractivity contribution in [3.05, 3.63) is 35.9 Å². The predicted octanol–water partition coefficient (Wildman–Crippen LogP) is 2.21. The summed E-state index contributed by atoms with van der Waals surface area (Å²) in [5, 5.41) is 7.84. The maximum atomic E-state index is 7.37. The summed E-state index contributed by atoms with van der Waals surface area (Å²) in [6, 6.07) is 10.1. The number of hydrogen-bond acceptors (Lipinski definition) is 3. The average molecular weight is 286 g/mol. The van der Waals surface area contributed by atoms with Crippen LogP contribution in [0.15, 0.2) is 35.3 Å². The van der Waals surface area contributed by atoms with Gasteiger partial charge in [-0.1, -0.05) is 42.1 Å². The second-order valence-corrected chi connectivity index (χ2v) is 4.33. The zero-order valence-electron chi connectivity index (χ0n) is 8.01. The summed E-state index contributed by atoms with van der Waals surface area (Å²) in [7, 11) is 0. The van der Waals surface area contributed by atoms with Gasteiger partial charge in [-0.2, -0.15) is 0 Å². The molecule has 0 radical (unpaired) electrons. The van der Waals surface area contributed by atoms with Gasteiger partial charge in [0.2, 0.25) is 0 Å². The number of nitrogens with two attached hydrogens (primary N) is 1. The molecule has 0 bridgehead atoms. The zero-order chi connectivity index (χ0) is 9.97. The van der Waals surface area contributed by atoms with E-state index in [4.69, 9.17) is 11.1 Å². The fourth-order valence-electron chi connectivity index (χ4n) is 1.39. The molecule has 1 unspecified atom stereocenters. The SMILES string of the molecule is Br.N=C1N=C(N)C(Cc2ccccc2)S1. The molecule has 1 aliphatic heterocycles. The van der Waals surface area contributed by atoms with E-state index in [2.05, 4.69) is 17.1 Å². The Morgan fingerprint density at radius 2 is 2.00 bits per heavy atom. The van der Waals surface area contributed by atoms with Crippen molar-refractivity contribution < 1.29 is 0 Å². The van der Waals surface area contributed by atoms with Crippen molar-refractivity contribution in [1.29, 1.82) is 5.41 Å². The fraction of sp³-hybridized carbons (Fsp3) is 0.200. The van der Waals surface area contributed by atoms with Gasteiger partial charge < -0.3 is 5.73 Å². The monoisotopic (exact) mass is 285 g/mol. The molecule has 0 saturated carbocycles. The molecule has 1 aromatic carbocycles.